The normalized spacial score (nSPS) is 16.2. The van der Waals surface area contributed by atoms with E-state index in [-0.39, 0.29) is 5.41 Å². The molecule has 0 aliphatic heterocycles. The molecule has 1 heteroatoms. The van der Waals surface area contributed by atoms with E-state index in [1.54, 1.807) is 0 Å². The van der Waals surface area contributed by atoms with Crippen LogP contribution in [0.1, 0.15) is 50.3 Å². The standard InChI is InChI=1S/C14H20O/c1-14(2,3)12-8-10-6-4-5-7-11(10)9-13(12)15/h8-9,15H,4-7H2,1-3H3. The Hall–Kier alpha value is -0.980. The van der Waals surface area contributed by atoms with Crippen LogP contribution >= 0.6 is 0 Å². The average Bonchev–Trinajstić information content (AvgIpc) is 2.15. The summed E-state index contributed by atoms with van der Waals surface area (Å²) in [5.74, 6) is 0.475. The zero-order valence-corrected chi connectivity index (χ0v) is 9.93. The van der Waals surface area contributed by atoms with Crippen molar-refractivity contribution in [2.24, 2.45) is 0 Å². The highest BCUT2D eigenvalue weighted by Crippen LogP contribution is 2.35. The minimum atomic E-state index is 0.0383. The van der Waals surface area contributed by atoms with Crippen LogP contribution in [0.3, 0.4) is 0 Å². The summed E-state index contributed by atoms with van der Waals surface area (Å²) in [4.78, 5) is 0. The smallest absolute Gasteiger partial charge is 0.119 e. The molecule has 1 aliphatic rings. The van der Waals surface area contributed by atoms with Crippen molar-refractivity contribution in [3.8, 4) is 5.75 Å². The topological polar surface area (TPSA) is 20.2 Å². The maximum absolute atomic E-state index is 10.0. The van der Waals surface area contributed by atoms with Crippen LogP contribution < -0.4 is 0 Å². The van der Waals surface area contributed by atoms with Crippen LogP contribution in [0.5, 0.6) is 5.75 Å². The predicted molar refractivity (Wildman–Crippen MR) is 63.4 cm³/mol. The molecule has 15 heavy (non-hydrogen) atoms. The van der Waals surface area contributed by atoms with Crippen LogP contribution in [-0.4, -0.2) is 5.11 Å². The van der Waals surface area contributed by atoms with Crippen LogP contribution in [0.15, 0.2) is 12.1 Å². The van der Waals surface area contributed by atoms with Gasteiger partial charge in [0.2, 0.25) is 0 Å². The molecule has 1 aromatic carbocycles. The van der Waals surface area contributed by atoms with Crippen molar-refractivity contribution < 1.29 is 5.11 Å². The number of benzene rings is 1. The van der Waals surface area contributed by atoms with E-state index in [0.717, 1.165) is 12.0 Å². The summed E-state index contributed by atoms with van der Waals surface area (Å²) in [6, 6.07) is 4.19. The summed E-state index contributed by atoms with van der Waals surface area (Å²) >= 11 is 0. The molecule has 0 saturated carbocycles. The number of rotatable bonds is 0. The number of aromatic hydroxyl groups is 1. The first-order valence-electron chi connectivity index (χ1n) is 5.84. The van der Waals surface area contributed by atoms with Crippen LogP contribution in [0.2, 0.25) is 0 Å². The van der Waals surface area contributed by atoms with Gasteiger partial charge in [0.15, 0.2) is 0 Å². The minimum Gasteiger partial charge on any atom is -0.508 e. The van der Waals surface area contributed by atoms with E-state index >= 15 is 0 Å². The predicted octanol–water partition coefficient (Wildman–Crippen LogP) is 3.57. The number of fused-ring (bicyclic) bond motifs is 1. The first-order chi connectivity index (χ1) is 6.98. The summed E-state index contributed by atoms with van der Waals surface area (Å²) in [7, 11) is 0. The molecule has 1 N–H and O–H groups in total. The van der Waals surface area contributed by atoms with Crippen molar-refractivity contribution in [3.05, 3.63) is 28.8 Å². The fourth-order valence-corrected chi connectivity index (χ4v) is 2.37. The van der Waals surface area contributed by atoms with Crippen molar-refractivity contribution in [1.29, 1.82) is 0 Å². The minimum absolute atomic E-state index is 0.0383. The molecule has 0 atom stereocenters. The number of hydrogen-bond acceptors (Lipinski definition) is 1. The summed E-state index contributed by atoms with van der Waals surface area (Å²) in [6.45, 7) is 6.45. The summed E-state index contributed by atoms with van der Waals surface area (Å²) in [5.41, 5.74) is 3.93. The lowest BCUT2D eigenvalue weighted by molar-refractivity contribution is 0.444. The van der Waals surface area contributed by atoms with E-state index in [0.29, 0.717) is 5.75 Å². The average molecular weight is 204 g/mol. The van der Waals surface area contributed by atoms with Crippen molar-refractivity contribution in [2.75, 3.05) is 0 Å². The van der Waals surface area contributed by atoms with Crippen molar-refractivity contribution >= 4 is 0 Å². The van der Waals surface area contributed by atoms with E-state index in [1.165, 1.54) is 30.4 Å². The number of aryl methyl sites for hydroxylation is 2. The lowest BCUT2D eigenvalue weighted by Crippen LogP contribution is -2.13. The third-order valence-electron chi connectivity index (χ3n) is 3.27. The Labute approximate surface area is 92.1 Å². The SMILES string of the molecule is CC(C)(C)c1cc2c(cc1O)CCCC2. The highest BCUT2D eigenvalue weighted by Gasteiger charge is 2.21. The fraction of sp³-hybridized carbons (Fsp3) is 0.571. The molecular weight excluding hydrogens is 184 g/mol. The number of phenolic OH excluding ortho intramolecular Hbond substituents is 1. The first kappa shape index (κ1) is 10.5. The maximum Gasteiger partial charge on any atom is 0.119 e. The van der Waals surface area contributed by atoms with E-state index in [2.05, 4.69) is 26.8 Å². The van der Waals surface area contributed by atoms with Gasteiger partial charge in [-0.05, 0) is 53.9 Å². The third-order valence-corrected chi connectivity index (χ3v) is 3.27. The van der Waals surface area contributed by atoms with Gasteiger partial charge < -0.3 is 5.11 Å². The molecule has 1 aliphatic carbocycles. The van der Waals surface area contributed by atoms with Gasteiger partial charge in [-0.15, -0.1) is 0 Å². The van der Waals surface area contributed by atoms with Gasteiger partial charge in [0.05, 0.1) is 0 Å². The van der Waals surface area contributed by atoms with Crippen LogP contribution in [0.25, 0.3) is 0 Å². The van der Waals surface area contributed by atoms with Crippen LogP contribution in [-0.2, 0) is 18.3 Å². The second-order valence-corrected chi connectivity index (χ2v) is 5.60. The molecule has 2 rings (SSSR count). The summed E-state index contributed by atoms with van der Waals surface area (Å²) in [5, 5.41) is 10.0. The molecule has 1 aromatic rings. The van der Waals surface area contributed by atoms with Crippen molar-refractivity contribution in [2.45, 2.75) is 51.9 Å². The van der Waals surface area contributed by atoms with Gasteiger partial charge in [-0.25, -0.2) is 0 Å². The Morgan fingerprint density at radius 2 is 1.53 bits per heavy atom. The molecule has 0 bridgehead atoms. The molecular formula is C14H20O. The number of phenols is 1. The Morgan fingerprint density at radius 3 is 2.07 bits per heavy atom. The molecule has 0 unspecified atom stereocenters. The lowest BCUT2D eigenvalue weighted by atomic mass is 9.81. The molecule has 0 aromatic heterocycles. The monoisotopic (exact) mass is 204 g/mol. The zero-order chi connectivity index (χ0) is 11.1. The number of hydrogen-bond donors (Lipinski definition) is 1. The third kappa shape index (κ3) is 2.01. The molecule has 0 saturated heterocycles. The van der Waals surface area contributed by atoms with Gasteiger partial charge >= 0.3 is 0 Å². The molecule has 82 valence electrons. The Kier molecular flexibility index (Phi) is 2.49. The van der Waals surface area contributed by atoms with Crippen molar-refractivity contribution in [3.63, 3.8) is 0 Å². The summed E-state index contributed by atoms with van der Waals surface area (Å²) in [6.07, 6.45) is 4.87. The highest BCUT2D eigenvalue weighted by molar-refractivity contribution is 5.46. The Morgan fingerprint density at radius 1 is 1.00 bits per heavy atom. The largest absolute Gasteiger partial charge is 0.508 e. The van der Waals surface area contributed by atoms with Crippen LogP contribution in [0.4, 0.5) is 0 Å². The quantitative estimate of drug-likeness (QED) is 0.685. The van der Waals surface area contributed by atoms with Gasteiger partial charge in [0.1, 0.15) is 5.75 Å². The zero-order valence-electron chi connectivity index (χ0n) is 9.93. The maximum atomic E-state index is 10.0. The van der Waals surface area contributed by atoms with E-state index in [4.69, 9.17) is 0 Å². The van der Waals surface area contributed by atoms with Gasteiger partial charge in [-0.1, -0.05) is 26.8 Å². The van der Waals surface area contributed by atoms with E-state index in [1.807, 2.05) is 6.07 Å². The van der Waals surface area contributed by atoms with Gasteiger partial charge in [-0.3, -0.25) is 0 Å². The van der Waals surface area contributed by atoms with Crippen molar-refractivity contribution in [1.82, 2.24) is 0 Å². The van der Waals surface area contributed by atoms with Crippen LogP contribution in [0, 0.1) is 0 Å². The Balaban J connectivity index is 2.50. The van der Waals surface area contributed by atoms with Gasteiger partial charge in [0, 0.05) is 0 Å². The summed E-state index contributed by atoms with van der Waals surface area (Å²) < 4.78 is 0. The molecule has 0 heterocycles. The molecule has 0 radical (unpaired) electrons. The fourth-order valence-electron chi connectivity index (χ4n) is 2.37. The van der Waals surface area contributed by atoms with Gasteiger partial charge in [-0.2, -0.15) is 0 Å². The molecule has 0 spiro atoms. The lowest BCUT2D eigenvalue weighted by Gasteiger charge is -2.24. The second-order valence-electron chi connectivity index (χ2n) is 5.60. The molecule has 1 nitrogen and oxygen atoms in total. The van der Waals surface area contributed by atoms with E-state index < -0.39 is 0 Å². The molecule has 0 amide bonds. The second kappa shape index (κ2) is 3.55. The van der Waals surface area contributed by atoms with E-state index in [9.17, 15) is 5.11 Å². The highest BCUT2D eigenvalue weighted by atomic mass is 16.3. The first-order valence-corrected chi connectivity index (χ1v) is 5.84. The van der Waals surface area contributed by atoms with Gasteiger partial charge in [0.25, 0.3) is 0 Å². The molecule has 0 fully saturated rings. The Bertz CT molecular complexity index is 372.